The van der Waals surface area contributed by atoms with Crippen LogP contribution in [0, 0.1) is 33.7 Å². The molecule has 2 aliphatic heterocycles. The molecule has 4 aromatic rings. The molecule has 4 atom stereocenters. The highest BCUT2D eigenvalue weighted by atomic mass is 28.4. The fourth-order valence-electron chi connectivity index (χ4n) is 9.61. The summed E-state index contributed by atoms with van der Waals surface area (Å²) in [6.07, 6.45) is 4.11. The van der Waals surface area contributed by atoms with Crippen LogP contribution in [0.25, 0.3) is 6.08 Å². The summed E-state index contributed by atoms with van der Waals surface area (Å²) in [5.41, 5.74) is 3.25. The summed E-state index contributed by atoms with van der Waals surface area (Å²) in [7, 11) is -4.30. The number of hydrogen-bond donors (Lipinski definition) is 2. The molecule has 0 saturated carbocycles. The molecule has 0 radical (unpaired) electrons. The van der Waals surface area contributed by atoms with Crippen LogP contribution in [0.4, 0.5) is 15.8 Å². The van der Waals surface area contributed by atoms with Crippen LogP contribution in [0.15, 0.2) is 120 Å². The van der Waals surface area contributed by atoms with Crippen LogP contribution in [0.5, 0.6) is 5.75 Å². The summed E-state index contributed by atoms with van der Waals surface area (Å²) in [5.74, 6) is -4.19. The minimum Gasteiger partial charge on any atom is -0.505 e. The molecular formula is C46H50BFN2O8Si. The van der Waals surface area contributed by atoms with Crippen molar-refractivity contribution in [2.24, 2.45) is 17.8 Å². The molecule has 0 spiro atoms. The standard InChI is InChI=1S/C46H50BFN2O8Si/c1-5-13-30(24-31-20-22-40(51)39(48)25-31)21-23-41-42-32(29-57-59(46(2,3)4,35-16-8-6-9-17-35)36-18-10-7-11-19-36)26-37-43(38(42)28-47(54)58-41)45(53)49(44(37)52)33-14-12-15-34(27-33)50(55)56/h6-12,14-20,22,24-25,27,37-38,41,43,51,54H,5,13,21,23,26,28-29H2,1-4H3/b30-24+/t37-,38+,41-,43-/m1/s1. The van der Waals surface area contributed by atoms with Crippen molar-refractivity contribution in [3.8, 4) is 5.75 Å². The SMILES string of the molecule is CCC/C(=C\c1ccc(O)c(F)c1)CC[C@H]1OB(O)C[C@H]2C1=C(CO[Si](c1ccccc1)(c1ccccc1)C(C)(C)C)C[C@H]1C(=O)N(c3cccc([N+](=O)[O-])c3)C(=O)[C@H]12. The van der Waals surface area contributed by atoms with E-state index < -0.39 is 67.6 Å². The van der Waals surface area contributed by atoms with Gasteiger partial charge in [-0.05, 0) is 88.2 Å². The van der Waals surface area contributed by atoms with Crippen LogP contribution in [-0.2, 0) is 18.7 Å². The Morgan fingerprint density at radius 1 is 0.966 bits per heavy atom. The first-order valence-corrected chi connectivity index (χ1v) is 22.2. The van der Waals surface area contributed by atoms with Gasteiger partial charge in [-0.1, -0.05) is 119 Å². The van der Waals surface area contributed by atoms with Gasteiger partial charge in [-0.3, -0.25) is 19.7 Å². The van der Waals surface area contributed by atoms with Crippen molar-refractivity contribution in [1.82, 2.24) is 0 Å². The summed E-state index contributed by atoms with van der Waals surface area (Å²) >= 11 is 0. The van der Waals surface area contributed by atoms with Crippen LogP contribution >= 0.6 is 0 Å². The van der Waals surface area contributed by atoms with Crippen LogP contribution in [0.3, 0.4) is 0 Å². The maximum atomic E-state index is 14.5. The molecule has 7 rings (SSSR count). The number of non-ortho nitro benzene ring substituents is 1. The number of anilines is 1. The number of rotatable bonds is 13. The van der Waals surface area contributed by atoms with Gasteiger partial charge in [0.15, 0.2) is 11.6 Å². The van der Waals surface area contributed by atoms with E-state index in [1.165, 1.54) is 36.4 Å². The van der Waals surface area contributed by atoms with Gasteiger partial charge in [-0.2, -0.15) is 0 Å². The van der Waals surface area contributed by atoms with E-state index in [0.29, 0.717) is 18.4 Å². The fraction of sp³-hybridized carbons (Fsp3) is 0.348. The van der Waals surface area contributed by atoms with Crippen LogP contribution in [0.1, 0.15) is 65.4 Å². The molecule has 0 bridgehead atoms. The van der Waals surface area contributed by atoms with Crippen LogP contribution in [-0.4, -0.2) is 55.0 Å². The first-order valence-electron chi connectivity index (χ1n) is 20.3. The number of carbonyl (C=O) groups excluding carboxylic acids is 2. The van der Waals surface area contributed by atoms with E-state index >= 15 is 0 Å². The number of nitrogens with zero attached hydrogens (tertiary/aromatic N) is 2. The third-order valence-electron chi connectivity index (χ3n) is 12.1. The number of hydrogen-bond acceptors (Lipinski definition) is 8. The molecule has 2 N–H and O–H groups in total. The Morgan fingerprint density at radius 2 is 1.64 bits per heavy atom. The van der Waals surface area contributed by atoms with Gasteiger partial charge in [-0.25, -0.2) is 9.29 Å². The van der Waals surface area contributed by atoms with Crippen molar-refractivity contribution in [3.63, 3.8) is 0 Å². The monoisotopic (exact) mass is 816 g/mol. The van der Waals surface area contributed by atoms with Gasteiger partial charge in [0.2, 0.25) is 11.8 Å². The second-order valence-electron chi connectivity index (χ2n) is 16.9. The number of aromatic hydroxyl groups is 1. The van der Waals surface area contributed by atoms with Crippen molar-refractivity contribution in [3.05, 3.63) is 141 Å². The molecular weight excluding hydrogens is 766 g/mol. The molecule has 10 nitrogen and oxygen atoms in total. The predicted octanol–water partition coefficient (Wildman–Crippen LogP) is 7.98. The summed E-state index contributed by atoms with van der Waals surface area (Å²) < 4.78 is 28.2. The van der Waals surface area contributed by atoms with Crippen LogP contribution in [0.2, 0.25) is 11.4 Å². The van der Waals surface area contributed by atoms with Crippen molar-refractivity contribution in [1.29, 1.82) is 0 Å². The number of nitro benzene ring substituents is 1. The number of amides is 2. The molecule has 1 aliphatic carbocycles. The Labute approximate surface area is 345 Å². The van der Waals surface area contributed by atoms with Gasteiger partial charge < -0.3 is 19.2 Å². The van der Waals surface area contributed by atoms with Crippen LogP contribution < -0.4 is 15.3 Å². The quantitative estimate of drug-likeness (QED) is 0.0456. The summed E-state index contributed by atoms with van der Waals surface area (Å²) in [6.45, 7) is 8.79. The minimum absolute atomic E-state index is 0.0853. The molecule has 2 amide bonds. The molecule has 13 heteroatoms. The van der Waals surface area contributed by atoms with Crippen molar-refractivity contribution in [2.75, 3.05) is 11.5 Å². The van der Waals surface area contributed by atoms with E-state index in [1.54, 1.807) is 6.07 Å². The van der Waals surface area contributed by atoms with Crippen molar-refractivity contribution in [2.45, 2.75) is 77.3 Å². The first-order chi connectivity index (χ1) is 28.2. The predicted molar refractivity (Wildman–Crippen MR) is 229 cm³/mol. The highest BCUT2D eigenvalue weighted by Gasteiger charge is 2.58. The molecule has 0 unspecified atom stereocenters. The molecule has 306 valence electrons. The zero-order valence-corrected chi connectivity index (χ0v) is 34.8. The molecule has 2 saturated heterocycles. The number of allylic oxidation sites excluding steroid dienone is 1. The largest absolute Gasteiger partial charge is 0.505 e. The molecule has 0 aromatic heterocycles. The fourth-order valence-corrected chi connectivity index (χ4v) is 14.2. The average Bonchev–Trinajstić information content (AvgIpc) is 3.47. The Morgan fingerprint density at radius 3 is 2.25 bits per heavy atom. The zero-order chi connectivity index (χ0) is 42.1. The highest BCUT2D eigenvalue weighted by Crippen LogP contribution is 2.52. The normalized spacial score (nSPS) is 21.2. The summed E-state index contributed by atoms with van der Waals surface area (Å²) in [6, 6.07) is 30.3. The van der Waals surface area contributed by atoms with Gasteiger partial charge in [0.1, 0.15) is 0 Å². The number of fused-ring (bicyclic) bond motifs is 3. The maximum absolute atomic E-state index is 14.5. The lowest BCUT2D eigenvalue weighted by Gasteiger charge is -2.46. The number of halogens is 1. The topological polar surface area (TPSA) is 139 Å². The molecule has 2 fully saturated rings. The van der Waals surface area contributed by atoms with Crippen molar-refractivity contribution < 1.29 is 38.1 Å². The van der Waals surface area contributed by atoms with Gasteiger partial charge >= 0.3 is 7.12 Å². The number of phenolic OH excluding ortho intramolecular Hbond substituents is 1. The smallest absolute Gasteiger partial charge is 0.455 e. The van der Waals surface area contributed by atoms with Gasteiger partial charge in [0, 0.05) is 12.1 Å². The van der Waals surface area contributed by atoms with E-state index in [1.807, 2.05) is 42.5 Å². The van der Waals surface area contributed by atoms with E-state index in [4.69, 9.17) is 9.08 Å². The van der Waals surface area contributed by atoms with E-state index in [9.17, 15) is 34.2 Å². The first kappa shape index (κ1) is 41.9. The second-order valence-corrected chi connectivity index (χ2v) is 21.2. The number of benzene rings is 4. The summed E-state index contributed by atoms with van der Waals surface area (Å²) in [5, 5.41) is 34.7. The zero-order valence-electron chi connectivity index (χ0n) is 33.8. The second kappa shape index (κ2) is 17.2. The maximum Gasteiger partial charge on any atom is 0.455 e. The van der Waals surface area contributed by atoms with Gasteiger partial charge in [-0.15, -0.1) is 0 Å². The molecule has 3 aliphatic rings. The lowest BCUT2D eigenvalue weighted by molar-refractivity contribution is -0.384. The Kier molecular flexibility index (Phi) is 12.2. The molecule has 2 heterocycles. The number of nitro groups is 1. The lowest BCUT2D eigenvalue weighted by Crippen LogP contribution is -2.66. The minimum atomic E-state index is -3.08. The highest BCUT2D eigenvalue weighted by molar-refractivity contribution is 6.99. The summed E-state index contributed by atoms with van der Waals surface area (Å²) in [4.78, 5) is 41.3. The van der Waals surface area contributed by atoms with Gasteiger partial charge in [0.25, 0.3) is 14.0 Å². The molecule has 4 aromatic carbocycles. The number of carbonyl (C=O) groups is 2. The van der Waals surface area contributed by atoms with E-state index in [-0.39, 0.29) is 35.8 Å². The average molecular weight is 817 g/mol. The lowest BCUT2D eigenvalue weighted by atomic mass is 9.58. The Hall–Kier alpha value is -5.21. The third kappa shape index (κ3) is 8.21. The Balaban J connectivity index is 1.32. The van der Waals surface area contributed by atoms with E-state index in [2.05, 4.69) is 52.0 Å². The Bertz CT molecular complexity index is 2240. The number of imide groups is 1. The number of phenols is 1. The third-order valence-corrected chi connectivity index (χ3v) is 17.1. The van der Waals surface area contributed by atoms with E-state index in [0.717, 1.165) is 44.8 Å². The van der Waals surface area contributed by atoms with Gasteiger partial charge in [0.05, 0.1) is 35.2 Å². The molecule has 59 heavy (non-hydrogen) atoms. The van der Waals surface area contributed by atoms with Crippen molar-refractivity contribution >= 4 is 55.1 Å².